The first-order valence-corrected chi connectivity index (χ1v) is 6.51. The summed E-state index contributed by atoms with van der Waals surface area (Å²) in [4.78, 5) is 2.51. The van der Waals surface area contributed by atoms with Crippen LogP contribution in [0.2, 0.25) is 5.02 Å². The second kappa shape index (κ2) is 4.86. The molecule has 82 valence electrons. The third-order valence-electron chi connectivity index (χ3n) is 3.00. The third-order valence-corrected chi connectivity index (χ3v) is 3.67. The Kier molecular flexibility index (Phi) is 3.70. The summed E-state index contributed by atoms with van der Waals surface area (Å²) in [6.07, 6.45) is 2.64. The van der Waals surface area contributed by atoms with Crippen LogP contribution in [0.1, 0.15) is 25.3 Å². The Hall–Kier alpha value is -0.0500. The van der Waals surface area contributed by atoms with E-state index in [9.17, 15) is 0 Å². The molecule has 0 bridgehead atoms. The maximum absolute atomic E-state index is 6.02. The van der Waals surface area contributed by atoms with Gasteiger partial charge in [-0.05, 0) is 50.1 Å². The minimum absolute atomic E-state index is 0.711. The summed E-state index contributed by atoms with van der Waals surface area (Å²) in [5.41, 5.74) is 1.29. The highest BCUT2D eigenvalue weighted by atomic mass is 79.9. The predicted octanol–water partition coefficient (Wildman–Crippen LogP) is 4.09. The minimum Gasteiger partial charge on any atom is -0.296 e. The fraction of sp³-hybridized carbons (Fsp3) is 0.500. The number of likely N-dealkylation sites (tertiary alicyclic amines) is 1. The van der Waals surface area contributed by atoms with Crippen LogP contribution in [0.3, 0.4) is 0 Å². The fourth-order valence-corrected chi connectivity index (χ4v) is 3.09. The van der Waals surface area contributed by atoms with Crippen molar-refractivity contribution in [2.24, 2.45) is 0 Å². The lowest BCUT2D eigenvalue weighted by molar-refractivity contribution is 0.260. The van der Waals surface area contributed by atoms with Gasteiger partial charge >= 0.3 is 0 Å². The molecular formula is C12H15BrClN. The molecule has 3 heteroatoms. The van der Waals surface area contributed by atoms with Crippen LogP contribution in [0, 0.1) is 0 Å². The van der Waals surface area contributed by atoms with E-state index < -0.39 is 0 Å². The van der Waals surface area contributed by atoms with Gasteiger partial charge in [0.05, 0.1) is 0 Å². The molecule has 0 spiro atoms. The average Bonchev–Trinajstić information content (AvgIpc) is 2.50. The Labute approximate surface area is 105 Å². The molecule has 15 heavy (non-hydrogen) atoms. The lowest BCUT2D eigenvalue weighted by atomic mass is 10.2. The van der Waals surface area contributed by atoms with E-state index in [1.807, 2.05) is 6.07 Å². The molecule has 1 heterocycles. The highest BCUT2D eigenvalue weighted by Gasteiger charge is 2.20. The molecule has 1 aliphatic rings. The van der Waals surface area contributed by atoms with Gasteiger partial charge in [0, 0.05) is 22.1 Å². The number of halogens is 2. The second-order valence-electron chi connectivity index (χ2n) is 4.24. The van der Waals surface area contributed by atoms with Crippen LogP contribution in [-0.4, -0.2) is 17.5 Å². The van der Waals surface area contributed by atoms with Crippen LogP contribution < -0.4 is 0 Å². The van der Waals surface area contributed by atoms with Crippen LogP contribution in [0.25, 0.3) is 0 Å². The first-order valence-electron chi connectivity index (χ1n) is 5.34. The molecule has 1 saturated heterocycles. The highest BCUT2D eigenvalue weighted by Crippen LogP contribution is 2.24. The monoisotopic (exact) mass is 287 g/mol. The van der Waals surface area contributed by atoms with E-state index in [1.54, 1.807) is 0 Å². The SMILES string of the molecule is C[C@@H]1CCCN1Cc1cc(Cl)cc(Br)c1. The molecule has 1 aromatic rings. The summed E-state index contributed by atoms with van der Waals surface area (Å²) in [5, 5.41) is 0.811. The smallest absolute Gasteiger partial charge is 0.0420 e. The minimum atomic E-state index is 0.711. The molecule has 0 saturated carbocycles. The van der Waals surface area contributed by atoms with Gasteiger partial charge in [0.2, 0.25) is 0 Å². The molecule has 0 aromatic heterocycles. The van der Waals surface area contributed by atoms with Gasteiger partial charge in [-0.15, -0.1) is 0 Å². The van der Waals surface area contributed by atoms with Gasteiger partial charge in [-0.3, -0.25) is 4.90 Å². The standard InChI is InChI=1S/C12H15BrClN/c1-9-3-2-4-15(9)8-10-5-11(13)7-12(14)6-10/h5-7,9H,2-4,8H2,1H3/t9-/m1/s1. The maximum atomic E-state index is 6.02. The molecule has 1 nitrogen and oxygen atoms in total. The Morgan fingerprint density at radius 3 is 2.87 bits per heavy atom. The van der Waals surface area contributed by atoms with Gasteiger partial charge in [0.1, 0.15) is 0 Å². The summed E-state index contributed by atoms with van der Waals surface area (Å²) in [7, 11) is 0. The second-order valence-corrected chi connectivity index (χ2v) is 5.59. The molecule has 1 fully saturated rings. The Morgan fingerprint density at radius 2 is 2.27 bits per heavy atom. The molecule has 1 atom stereocenters. The summed E-state index contributed by atoms with van der Waals surface area (Å²) >= 11 is 9.50. The van der Waals surface area contributed by atoms with Crippen LogP contribution >= 0.6 is 27.5 Å². The van der Waals surface area contributed by atoms with Crippen LogP contribution in [0.5, 0.6) is 0 Å². The molecular weight excluding hydrogens is 273 g/mol. The zero-order chi connectivity index (χ0) is 10.8. The van der Waals surface area contributed by atoms with E-state index in [2.05, 4.69) is 39.9 Å². The molecule has 0 amide bonds. The van der Waals surface area contributed by atoms with Gasteiger partial charge in [0.25, 0.3) is 0 Å². The number of hydrogen-bond donors (Lipinski definition) is 0. The van der Waals surface area contributed by atoms with E-state index in [0.29, 0.717) is 6.04 Å². The van der Waals surface area contributed by atoms with Crippen molar-refractivity contribution in [3.63, 3.8) is 0 Å². The fourth-order valence-electron chi connectivity index (χ4n) is 2.16. The number of hydrogen-bond acceptors (Lipinski definition) is 1. The van der Waals surface area contributed by atoms with Crippen molar-refractivity contribution in [1.82, 2.24) is 4.90 Å². The molecule has 0 radical (unpaired) electrons. The zero-order valence-corrected chi connectivity index (χ0v) is 11.2. The van der Waals surface area contributed by atoms with Gasteiger partial charge in [-0.25, -0.2) is 0 Å². The van der Waals surface area contributed by atoms with Crippen molar-refractivity contribution >= 4 is 27.5 Å². The number of nitrogens with zero attached hydrogens (tertiary/aromatic N) is 1. The summed E-state index contributed by atoms with van der Waals surface area (Å²) < 4.78 is 1.07. The van der Waals surface area contributed by atoms with Crippen molar-refractivity contribution < 1.29 is 0 Å². The Bertz CT molecular complexity index is 333. The van der Waals surface area contributed by atoms with E-state index in [4.69, 9.17) is 11.6 Å². The maximum Gasteiger partial charge on any atom is 0.0420 e. The third kappa shape index (κ3) is 2.96. The molecule has 0 aliphatic carbocycles. The largest absolute Gasteiger partial charge is 0.296 e. The number of benzene rings is 1. The normalized spacial score (nSPS) is 22.2. The van der Waals surface area contributed by atoms with E-state index in [0.717, 1.165) is 16.0 Å². The molecule has 0 N–H and O–H groups in total. The predicted molar refractivity (Wildman–Crippen MR) is 68.3 cm³/mol. The van der Waals surface area contributed by atoms with Gasteiger partial charge < -0.3 is 0 Å². The van der Waals surface area contributed by atoms with E-state index in [-0.39, 0.29) is 0 Å². The Balaban J connectivity index is 2.10. The summed E-state index contributed by atoms with van der Waals surface area (Å²) in [6.45, 7) is 4.53. The molecule has 2 rings (SSSR count). The molecule has 0 unspecified atom stereocenters. The number of rotatable bonds is 2. The first-order chi connectivity index (χ1) is 7.15. The molecule has 1 aliphatic heterocycles. The lowest BCUT2D eigenvalue weighted by Crippen LogP contribution is -2.26. The van der Waals surface area contributed by atoms with E-state index >= 15 is 0 Å². The lowest BCUT2D eigenvalue weighted by Gasteiger charge is -2.21. The molecule has 1 aromatic carbocycles. The van der Waals surface area contributed by atoms with Crippen molar-refractivity contribution in [1.29, 1.82) is 0 Å². The van der Waals surface area contributed by atoms with Crippen molar-refractivity contribution in [3.8, 4) is 0 Å². The van der Waals surface area contributed by atoms with E-state index in [1.165, 1.54) is 24.9 Å². The summed E-state index contributed by atoms with van der Waals surface area (Å²) in [5.74, 6) is 0. The van der Waals surface area contributed by atoms with Gasteiger partial charge in [-0.1, -0.05) is 27.5 Å². The van der Waals surface area contributed by atoms with Crippen LogP contribution in [0.15, 0.2) is 22.7 Å². The van der Waals surface area contributed by atoms with Gasteiger partial charge in [0.15, 0.2) is 0 Å². The van der Waals surface area contributed by atoms with Crippen molar-refractivity contribution in [3.05, 3.63) is 33.3 Å². The average molecular weight is 289 g/mol. The van der Waals surface area contributed by atoms with Crippen molar-refractivity contribution in [2.45, 2.75) is 32.4 Å². The van der Waals surface area contributed by atoms with Crippen molar-refractivity contribution in [2.75, 3.05) is 6.54 Å². The first kappa shape index (κ1) is 11.4. The Morgan fingerprint density at radius 1 is 1.47 bits per heavy atom. The van der Waals surface area contributed by atoms with Crippen LogP contribution in [0.4, 0.5) is 0 Å². The quantitative estimate of drug-likeness (QED) is 0.792. The zero-order valence-electron chi connectivity index (χ0n) is 8.84. The highest BCUT2D eigenvalue weighted by molar-refractivity contribution is 9.10. The van der Waals surface area contributed by atoms with Gasteiger partial charge in [-0.2, -0.15) is 0 Å². The summed E-state index contributed by atoms with van der Waals surface area (Å²) in [6, 6.07) is 6.84. The van der Waals surface area contributed by atoms with Crippen LogP contribution in [-0.2, 0) is 6.54 Å². The topological polar surface area (TPSA) is 3.24 Å².